The third kappa shape index (κ3) is 1.72. The Labute approximate surface area is 116 Å². The van der Waals surface area contributed by atoms with Gasteiger partial charge in [-0.3, -0.25) is 0 Å². The van der Waals surface area contributed by atoms with E-state index in [1.165, 1.54) is 17.8 Å². The maximum atomic E-state index is 13.1. The van der Waals surface area contributed by atoms with Crippen LogP contribution in [0.4, 0.5) is 4.39 Å². The van der Waals surface area contributed by atoms with Gasteiger partial charge in [0, 0.05) is 19.2 Å². The highest BCUT2D eigenvalue weighted by atomic mass is 19.1. The van der Waals surface area contributed by atoms with Gasteiger partial charge in [0.05, 0.1) is 17.4 Å². The summed E-state index contributed by atoms with van der Waals surface area (Å²) in [6.07, 6.45) is 2.96. The molecular formula is C16H14FN3. The summed E-state index contributed by atoms with van der Waals surface area (Å²) in [5.74, 6) is -0.206. The van der Waals surface area contributed by atoms with E-state index < -0.39 is 0 Å². The zero-order valence-corrected chi connectivity index (χ0v) is 10.9. The predicted octanol–water partition coefficient (Wildman–Crippen LogP) is 2.71. The molecule has 1 unspecified atom stereocenters. The SMILES string of the molecule is Fc1ccc(C2NCCc3nc4ccccn4c32)cc1. The molecule has 0 amide bonds. The van der Waals surface area contributed by atoms with Crippen LogP contribution in [0.25, 0.3) is 5.65 Å². The van der Waals surface area contributed by atoms with Gasteiger partial charge in [-0.2, -0.15) is 0 Å². The highest BCUT2D eigenvalue weighted by molar-refractivity contribution is 5.47. The van der Waals surface area contributed by atoms with E-state index >= 15 is 0 Å². The number of nitrogens with one attached hydrogen (secondary N) is 1. The second kappa shape index (κ2) is 4.42. The Morgan fingerprint density at radius 1 is 1.15 bits per heavy atom. The van der Waals surface area contributed by atoms with E-state index in [0.717, 1.165) is 29.9 Å². The summed E-state index contributed by atoms with van der Waals surface area (Å²) in [4.78, 5) is 4.70. The smallest absolute Gasteiger partial charge is 0.137 e. The van der Waals surface area contributed by atoms with Crippen molar-refractivity contribution in [1.29, 1.82) is 0 Å². The fraction of sp³-hybridized carbons (Fsp3) is 0.188. The van der Waals surface area contributed by atoms with Gasteiger partial charge in [-0.15, -0.1) is 0 Å². The Hall–Kier alpha value is -2.20. The molecule has 4 heteroatoms. The Bertz CT molecular complexity index is 761. The second-order valence-corrected chi connectivity index (χ2v) is 5.06. The van der Waals surface area contributed by atoms with Gasteiger partial charge >= 0.3 is 0 Å². The van der Waals surface area contributed by atoms with Crippen molar-refractivity contribution < 1.29 is 4.39 Å². The van der Waals surface area contributed by atoms with E-state index in [1.54, 1.807) is 0 Å². The van der Waals surface area contributed by atoms with E-state index in [0.29, 0.717) is 0 Å². The summed E-state index contributed by atoms with van der Waals surface area (Å²) in [6.45, 7) is 0.888. The number of benzene rings is 1. The van der Waals surface area contributed by atoms with Crippen molar-refractivity contribution in [2.75, 3.05) is 6.54 Å². The average Bonchev–Trinajstić information content (AvgIpc) is 2.86. The number of fused-ring (bicyclic) bond motifs is 3. The van der Waals surface area contributed by atoms with E-state index in [2.05, 4.69) is 9.72 Å². The molecule has 0 radical (unpaired) electrons. The molecule has 0 saturated heterocycles. The molecule has 1 atom stereocenters. The number of hydrogen-bond acceptors (Lipinski definition) is 2. The van der Waals surface area contributed by atoms with Crippen LogP contribution in [0.1, 0.15) is 23.0 Å². The summed E-state index contributed by atoms with van der Waals surface area (Å²) in [5.41, 5.74) is 4.33. The van der Waals surface area contributed by atoms with Gasteiger partial charge in [-0.05, 0) is 29.8 Å². The van der Waals surface area contributed by atoms with E-state index in [-0.39, 0.29) is 11.9 Å². The summed E-state index contributed by atoms with van der Waals surface area (Å²) in [5, 5.41) is 3.51. The molecule has 100 valence electrons. The minimum atomic E-state index is -0.206. The first-order chi connectivity index (χ1) is 9.83. The van der Waals surface area contributed by atoms with Crippen molar-refractivity contribution in [1.82, 2.24) is 14.7 Å². The van der Waals surface area contributed by atoms with Crippen LogP contribution in [0.3, 0.4) is 0 Å². The lowest BCUT2D eigenvalue weighted by atomic mass is 9.98. The van der Waals surface area contributed by atoms with E-state index in [4.69, 9.17) is 4.98 Å². The van der Waals surface area contributed by atoms with Crippen molar-refractivity contribution >= 4 is 5.65 Å². The highest BCUT2D eigenvalue weighted by Crippen LogP contribution is 2.29. The summed E-state index contributed by atoms with van der Waals surface area (Å²) in [7, 11) is 0. The molecule has 3 aromatic rings. The Balaban J connectivity index is 1.90. The van der Waals surface area contributed by atoms with Crippen molar-refractivity contribution in [2.24, 2.45) is 0 Å². The minimum absolute atomic E-state index is 0.0664. The quantitative estimate of drug-likeness (QED) is 0.734. The normalized spacial score (nSPS) is 18.1. The van der Waals surface area contributed by atoms with Crippen LogP contribution in [0, 0.1) is 5.82 Å². The maximum absolute atomic E-state index is 13.1. The van der Waals surface area contributed by atoms with Crippen LogP contribution in [-0.2, 0) is 6.42 Å². The van der Waals surface area contributed by atoms with Crippen LogP contribution in [0.15, 0.2) is 48.7 Å². The number of rotatable bonds is 1. The molecule has 0 saturated carbocycles. The molecule has 0 spiro atoms. The predicted molar refractivity (Wildman–Crippen MR) is 75.1 cm³/mol. The monoisotopic (exact) mass is 267 g/mol. The van der Waals surface area contributed by atoms with Gasteiger partial charge in [0.25, 0.3) is 0 Å². The molecule has 1 aliphatic heterocycles. The van der Waals surface area contributed by atoms with Gasteiger partial charge in [-0.1, -0.05) is 18.2 Å². The molecule has 1 N–H and O–H groups in total. The number of nitrogens with zero attached hydrogens (tertiary/aromatic N) is 2. The molecule has 20 heavy (non-hydrogen) atoms. The van der Waals surface area contributed by atoms with Crippen molar-refractivity contribution in [3.8, 4) is 0 Å². The highest BCUT2D eigenvalue weighted by Gasteiger charge is 2.26. The average molecular weight is 267 g/mol. The van der Waals surface area contributed by atoms with Crippen LogP contribution in [0.5, 0.6) is 0 Å². The minimum Gasteiger partial charge on any atom is -0.305 e. The Morgan fingerprint density at radius 2 is 2.00 bits per heavy atom. The first-order valence-corrected chi connectivity index (χ1v) is 6.77. The first kappa shape index (κ1) is 11.6. The number of halogens is 1. The van der Waals surface area contributed by atoms with Crippen LogP contribution in [-0.4, -0.2) is 15.9 Å². The molecule has 1 aromatic carbocycles. The van der Waals surface area contributed by atoms with Gasteiger partial charge < -0.3 is 9.72 Å². The van der Waals surface area contributed by atoms with Crippen molar-refractivity contribution in [2.45, 2.75) is 12.5 Å². The zero-order chi connectivity index (χ0) is 13.5. The van der Waals surface area contributed by atoms with Crippen LogP contribution >= 0.6 is 0 Å². The Kier molecular flexibility index (Phi) is 2.57. The molecule has 3 heterocycles. The van der Waals surface area contributed by atoms with Gasteiger partial charge in [0.15, 0.2) is 0 Å². The summed E-state index contributed by atoms with van der Waals surface area (Å²) < 4.78 is 15.2. The standard InChI is InChI=1S/C16H14FN3/c17-12-6-4-11(5-7-12)15-16-13(8-9-18-15)19-14-3-1-2-10-20(14)16/h1-7,10,15,18H,8-9H2. The fourth-order valence-electron chi connectivity index (χ4n) is 2.92. The van der Waals surface area contributed by atoms with Gasteiger partial charge in [-0.25, -0.2) is 9.37 Å². The maximum Gasteiger partial charge on any atom is 0.137 e. The second-order valence-electron chi connectivity index (χ2n) is 5.06. The molecule has 4 rings (SSSR count). The van der Waals surface area contributed by atoms with E-state index in [9.17, 15) is 4.39 Å². The first-order valence-electron chi connectivity index (χ1n) is 6.77. The zero-order valence-electron chi connectivity index (χ0n) is 10.9. The molecule has 2 aromatic heterocycles. The van der Waals surface area contributed by atoms with Crippen molar-refractivity contribution in [3.05, 3.63) is 71.4 Å². The number of aromatic nitrogens is 2. The summed E-state index contributed by atoms with van der Waals surface area (Å²) in [6, 6.07) is 12.8. The molecular weight excluding hydrogens is 253 g/mol. The molecule has 0 aliphatic carbocycles. The fourth-order valence-corrected chi connectivity index (χ4v) is 2.92. The molecule has 3 nitrogen and oxygen atoms in total. The molecule has 1 aliphatic rings. The van der Waals surface area contributed by atoms with Crippen LogP contribution in [0.2, 0.25) is 0 Å². The Morgan fingerprint density at radius 3 is 2.85 bits per heavy atom. The lowest BCUT2D eigenvalue weighted by Gasteiger charge is -2.24. The number of imidazole rings is 1. The largest absolute Gasteiger partial charge is 0.305 e. The van der Waals surface area contributed by atoms with Gasteiger partial charge in [0.2, 0.25) is 0 Å². The van der Waals surface area contributed by atoms with Crippen molar-refractivity contribution in [3.63, 3.8) is 0 Å². The molecule has 0 fully saturated rings. The topological polar surface area (TPSA) is 29.3 Å². The third-order valence-electron chi connectivity index (χ3n) is 3.83. The number of pyridine rings is 1. The summed E-state index contributed by atoms with van der Waals surface area (Å²) >= 11 is 0. The lowest BCUT2D eigenvalue weighted by molar-refractivity contribution is 0.545. The lowest BCUT2D eigenvalue weighted by Crippen LogP contribution is -2.31. The van der Waals surface area contributed by atoms with E-state index in [1.807, 2.05) is 36.5 Å². The molecule has 0 bridgehead atoms. The third-order valence-corrected chi connectivity index (χ3v) is 3.83. The number of hydrogen-bond donors (Lipinski definition) is 1. The van der Waals surface area contributed by atoms with Crippen LogP contribution < -0.4 is 5.32 Å². The van der Waals surface area contributed by atoms with Gasteiger partial charge in [0.1, 0.15) is 11.5 Å².